The van der Waals surface area contributed by atoms with Crippen LogP contribution in [0, 0.1) is 0 Å². The minimum absolute atomic E-state index is 0.0502. The molecule has 0 aliphatic carbocycles. The van der Waals surface area contributed by atoms with Crippen molar-refractivity contribution in [2.45, 2.75) is 12.5 Å². The number of phenolic OH excluding ortho intramolecular Hbond substituents is 1. The second-order valence-corrected chi connectivity index (χ2v) is 5.03. The molecule has 18 heavy (non-hydrogen) atoms. The molecule has 0 saturated carbocycles. The van der Waals surface area contributed by atoms with Crippen molar-refractivity contribution in [3.05, 3.63) is 22.7 Å². The number of halogens is 1. The maximum absolute atomic E-state index is 11.8. The number of aromatic hydroxyl groups is 1. The molecule has 0 bridgehead atoms. The largest absolute Gasteiger partial charge is 0.506 e. The number of rotatable bonds is 3. The third-order valence-electron chi connectivity index (χ3n) is 2.65. The van der Waals surface area contributed by atoms with Crippen molar-refractivity contribution >= 4 is 27.5 Å². The maximum Gasteiger partial charge on any atom is 0.227 e. The Morgan fingerprint density at radius 1 is 1.61 bits per heavy atom. The molecule has 1 heterocycles. The first-order chi connectivity index (χ1) is 8.65. The highest BCUT2D eigenvalue weighted by Crippen LogP contribution is 2.26. The molecule has 2 rings (SSSR count). The van der Waals surface area contributed by atoms with Crippen LogP contribution in [0.15, 0.2) is 22.7 Å². The number of ether oxygens (including phenoxy) is 1. The van der Waals surface area contributed by atoms with Crippen LogP contribution in [0.1, 0.15) is 6.42 Å². The van der Waals surface area contributed by atoms with Crippen LogP contribution in [0.2, 0.25) is 0 Å². The van der Waals surface area contributed by atoms with Crippen LogP contribution in [0.4, 0.5) is 5.69 Å². The summed E-state index contributed by atoms with van der Waals surface area (Å²) in [6, 6.07) is 4.89. The van der Waals surface area contributed by atoms with Gasteiger partial charge in [0.05, 0.1) is 24.8 Å². The molecule has 0 spiro atoms. The molecule has 1 fully saturated rings. The van der Waals surface area contributed by atoms with E-state index < -0.39 is 0 Å². The molecule has 1 amide bonds. The number of phenols is 1. The molecule has 0 radical (unpaired) electrons. The van der Waals surface area contributed by atoms with E-state index in [1.54, 1.807) is 12.1 Å². The Morgan fingerprint density at radius 3 is 3.17 bits per heavy atom. The highest BCUT2D eigenvalue weighted by atomic mass is 79.9. The van der Waals surface area contributed by atoms with E-state index >= 15 is 0 Å². The number of amides is 1. The summed E-state index contributed by atoms with van der Waals surface area (Å²) in [5.41, 5.74) is 0.401. The first kappa shape index (κ1) is 13.3. The third-order valence-corrected chi connectivity index (χ3v) is 3.14. The number of hydrogen-bond donors (Lipinski definition) is 3. The number of hydrogen-bond acceptors (Lipinski definition) is 4. The average molecular weight is 315 g/mol. The molecule has 1 atom stereocenters. The van der Waals surface area contributed by atoms with Gasteiger partial charge < -0.3 is 20.5 Å². The van der Waals surface area contributed by atoms with E-state index in [2.05, 4.69) is 26.6 Å². The number of carbonyl (C=O) groups is 1. The van der Waals surface area contributed by atoms with Crippen LogP contribution in [0.25, 0.3) is 0 Å². The minimum Gasteiger partial charge on any atom is -0.506 e. The van der Waals surface area contributed by atoms with E-state index in [1.807, 2.05) is 0 Å². The summed E-state index contributed by atoms with van der Waals surface area (Å²) in [6.07, 6.45) is 0.173. The van der Waals surface area contributed by atoms with Gasteiger partial charge in [0.2, 0.25) is 5.91 Å². The highest BCUT2D eigenvalue weighted by molar-refractivity contribution is 9.10. The predicted octanol–water partition coefficient (Wildman–Crippen LogP) is 1.47. The van der Waals surface area contributed by atoms with Gasteiger partial charge in [0.15, 0.2) is 0 Å². The number of anilines is 1. The Labute approximate surface area is 114 Å². The number of benzene rings is 1. The standard InChI is InChI=1S/C12H15BrN2O3/c13-8-1-2-11(16)10(5-8)15-12(17)6-9-7-14-3-4-18-9/h1-2,5,9,14,16H,3-4,6-7H2,(H,15,17). The van der Waals surface area contributed by atoms with Crippen LogP contribution in [0.3, 0.4) is 0 Å². The SMILES string of the molecule is O=C(CC1CNCCO1)Nc1cc(Br)ccc1O. The molecule has 1 aromatic carbocycles. The zero-order valence-electron chi connectivity index (χ0n) is 9.78. The average Bonchev–Trinajstić information content (AvgIpc) is 2.35. The van der Waals surface area contributed by atoms with Gasteiger partial charge in [-0.25, -0.2) is 0 Å². The van der Waals surface area contributed by atoms with Crippen LogP contribution in [-0.2, 0) is 9.53 Å². The normalized spacial score (nSPS) is 19.5. The summed E-state index contributed by atoms with van der Waals surface area (Å²) < 4.78 is 6.24. The first-order valence-electron chi connectivity index (χ1n) is 5.76. The van der Waals surface area contributed by atoms with Gasteiger partial charge in [-0.1, -0.05) is 15.9 Å². The van der Waals surface area contributed by atoms with Gasteiger partial charge in [-0.15, -0.1) is 0 Å². The van der Waals surface area contributed by atoms with Crippen LogP contribution in [0.5, 0.6) is 5.75 Å². The van der Waals surface area contributed by atoms with Gasteiger partial charge in [0.1, 0.15) is 5.75 Å². The molecule has 1 aromatic rings. The smallest absolute Gasteiger partial charge is 0.227 e. The molecule has 1 aliphatic heterocycles. The Hall–Kier alpha value is -1.11. The van der Waals surface area contributed by atoms with E-state index in [0.29, 0.717) is 18.8 Å². The summed E-state index contributed by atoms with van der Waals surface area (Å²) in [6.45, 7) is 2.13. The lowest BCUT2D eigenvalue weighted by Crippen LogP contribution is -2.40. The van der Waals surface area contributed by atoms with E-state index in [1.165, 1.54) is 6.07 Å². The van der Waals surface area contributed by atoms with Crippen LogP contribution >= 0.6 is 15.9 Å². The summed E-state index contributed by atoms with van der Waals surface area (Å²) in [5.74, 6) is -0.119. The Morgan fingerprint density at radius 2 is 2.44 bits per heavy atom. The maximum atomic E-state index is 11.8. The van der Waals surface area contributed by atoms with Crippen molar-refractivity contribution in [1.29, 1.82) is 0 Å². The summed E-state index contributed by atoms with van der Waals surface area (Å²) in [4.78, 5) is 11.8. The zero-order valence-corrected chi connectivity index (χ0v) is 11.4. The van der Waals surface area contributed by atoms with Gasteiger partial charge in [0.25, 0.3) is 0 Å². The monoisotopic (exact) mass is 314 g/mol. The van der Waals surface area contributed by atoms with E-state index in [4.69, 9.17) is 4.74 Å². The second kappa shape index (κ2) is 6.17. The van der Waals surface area contributed by atoms with Gasteiger partial charge in [0, 0.05) is 17.6 Å². The van der Waals surface area contributed by atoms with Gasteiger partial charge >= 0.3 is 0 Å². The molecule has 3 N–H and O–H groups in total. The summed E-state index contributed by atoms with van der Waals surface area (Å²) >= 11 is 3.29. The highest BCUT2D eigenvalue weighted by Gasteiger charge is 2.18. The number of morpholine rings is 1. The molecule has 1 saturated heterocycles. The van der Waals surface area contributed by atoms with E-state index in [9.17, 15) is 9.90 Å². The van der Waals surface area contributed by atoms with E-state index in [-0.39, 0.29) is 24.2 Å². The minimum atomic E-state index is -0.169. The molecule has 1 aliphatic rings. The fourth-order valence-electron chi connectivity index (χ4n) is 1.77. The molecular formula is C12H15BrN2O3. The van der Waals surface area contributed by atoms with Crippen molar-refractivity contribution < 1.29 is 14.6 Å². The molecule has 0 aromatic heterocycles. The summed E-state index contributed by atoms with van der Waals surface area (Å²) in [7, 11) is 0. The molecular weight excluding hydrogens is 300 g/mol. The Kier molecular flexibility index (Phi) is 4.57. The Bertz CT molecular complexity index is 433. The van der Waals surface area contributed by atoms with Crippen molar-refractivity contribution in [2.75, 3.05) is 25.0 Å². The third kappa shape index (κ3) is 3.69. The number of carbonyl (C=O) groups excluding carboxylic acids is 1. The van der Waals surface area contributed by atoms with Crippen molar-refractivity contribution in [1.82, 2.24) is 5.32 Å². The molecule has 1 unspecified atom stereocenters. The van der Waals surface area contributed by atoms with Gasteiger partial charge in [-0.05, 0) is 18.2 Å². The van der Waals surface area contributed by atoms with Crippen molar-refractivity contribution in [3.8, 4) is 5.75 Å². The lowest BCUT2D eigenvalue weighted by molar-refractivity contribution is -0.119. The fourth-order valence-corrected chi connectivity index (χ4v) is 2.13. The lowest BCUT2D eigenvalue weighted by atomic mass is 10.2. The quantitative estimate of drug-likeness (QED) is 0.739. The Balaban J connectivity index is 1.92. The van der Waals surface area contributed by atoms with E-state index in [0.717, 1.165) is 11.0 Å². The second-order valence-electron chi connectivity index (χ2n) is 4.11. The van der Waals surface area contributed by atoms with Crippen molar-refractivity contribution in [3.63, 3.8) is 0 Å². The van der Waals surface area contributed by atoms with Gasteiger partial charge in [-0.3, -0.25) is 4.79 Å². The first-order valence-corrected chi connectivity index (χ1v) is 6.55. The summed E-state index contributed by atoms with van der Waals surface area (Å²) in [5, 5.41) is 15.4. The fraction of sp³-hybridized carbons (Fsp3) is 0.417. The predicted molar refractivity (Wildman–Crippen MR) is 71.7 cm³/mol. The van der Waals surface area contributed by atoms with Gasteiger partial charge in [-0.2, -0.15) is 0 Å². The molecule has 98 valence electrons. The molecule has 6 heteroatoms. The number of nitrogens with one attached hydrogen (secondary N) is 2. The van der Waals surface area contributed by atoms with Crippen LogP contribution in [-0.4, -0.2) is 36.8 Å². The van der Waals surface area contributed by atoms with Crippen LogP contribution < -0.4 is 10.6 Å². The molecule has 5 nitrogen and oxygen atoms in total. The topological polar surface area (TPSA) is 70.6 Å². The lowest BCUT2D eigenvalue weighted by Gasteiger charge is -2.23. The van der Waals surface area contributed by atoms with Crippen molar-refractivity contribution in [2.24, 2.45) is 0 Å². The zero-order chi connectivity index (χ0) is 13.0.